The van der Waals surface area contributed by atoms with Crippen molar-refractivity contribution in [3.05, 3.63) is 10.1 Å². The van der Waals surface area contributed by atoms with Crippen molar-refractivity contribution in [1.82, 2.24) is 10.7 Å². The van der Waals surface area contributed by atoms with E-state index in [0.29, 0.717) is 0 Å². The number of hydrogen-bond donors (Lipinski definition) is 4. The number of nitro groups is 1. The number of aliphatic imine (C=N–C) groups is 1. The normalized spacial score (nSPS) is 13.1. The Morgan fingerprint density at radius 1 is 1.45 bits per heavy atom. The maximum Gasteiger partial charge on any atom is 0.408 e. The Balaban J connectivity index is 4.29. The molecular weight excluding hydrogens is 298 g/mol. The quantitative estimate of drug-likeness (QED) is 0.165. The molecule has 0 aliphatic heterocycles. The lowest BCUT2D eigenvalue weighted by atomic mass is 10.1. The predicted octanol–water partition coefficient (Wildman–Crippen LogP) is -0.159. The first-order valence-corrected chi connectivity index (χ1v) is 6.44. The number of carbonyl (C=O) groups is 2. The van der Waals surface area contributed by atoms with Crippen LogP contribution in [-0.4, -0.2) is 46.3 Å². The molecule has 11 nitrogen and oxygen atoms in total. The number of amides is 1. The minimum absolute atomic E-state index is 0.0732. The minimum atomic E-state index is -1.22. The number of carboxylic acids is 1. The number of carbonyl (C=O) groups excluding carboxylic acids is 1. The van der Waals surface area contributed by atoms with Crippen molar-refractivity contribution >= 4 is 18.0 Å². The minimum Gasteiger partial charge on any atom is -0.480 e. The van der Waals surface area contributed by atoms with Crippen LogP contribution in [0.15, 0.2) is 4.99 Å². The van der Waals surface area contributed by atoms with Crippen LogP contribution in [-0.2, 0) is 9.53 Å². The van der Waals surface area contributed by atoms with E-state index in [1.807, 2.05) is 0 Å². The van der Waals surface area contributed by atoms with Gasteiger partial charge in [-0.2, -0.15) is 0 Å². The van der Waals surface area contributed by atoms with Crippen molar-refractivity contribution in [3.8, 4) is 0 Å². The summed E-state index contributed by atoms with van der Waals surface area (Å²) in [6, 6.07) is -1.14. The van der Waals surface area contributed by atoms with Gasteiger partial charge in [0.1, 0.15) is 11.6 Å². The zero-order chi connectivity index (χ0) is 17.3. The molecule has 0 radical (unpaired) electrons. The van der Waals surface area contributed by atoms with Crippen molar-refractivity contribution in [2.24, 2.45) is 10.7 Å². The van der Waals surface area contributed by atoms with Gasteiger partial charge in [0.05, 0.1) is 0 Å². The molecule has 22 heavy (non-hydrogen) atoms. The van der Waals surface area contributed by atoms with Gasteiger partial charge in [-0.25, -0.2) is 24.7 Å². The number of alkyl carbamates (subject to hydrolysis) is 1. The van der Waals surface area contributed by atoms with E-state index in [4.69, 9.17) is 15.6 Å². The lowest BCUT2D eigenvalue weighted by molar-refractivity contribution is -0.525. The van der Waals surface area contributed by atoms with Gasteiger partial charge in [-0.05, 0) is 33.6 Å². The molecule has 11 heteroatoms. The fourth-order valence-corrected chi connectivity index (χ4v) is 1.33. The van der Waals surface area contributed by atoms with Crippen molar-refractivity contribution < 1.29 is 24.5 Å². The molecule has 0 aromatic carbocycles. The Bertz CT molecular complexity index is 445. The van der Waals surface area contributed by atoms with E-state index >= 15 is 0 Å². The SMILES string of the molecule is CC(C)(C)OC(=O)NC(CCCN=C(N)N[N+](=O)[O-])C(=O)O. The van der Waals surface area contributed by atoms with E-state index in [0.717, 1.165) is 0 Å². The van der Waals surface area contributed by atoms with E-state index in [-0.39, 0.29) is 25.3 Å². The molecule has 126 valence electrons. The van der Waals surface area contributed by atoms with E-state index in [9.17, 15) is 19.7 Å². The highest BCUT2D eigenvalue weighted by atomic mass is 16.7. The Morgan fingerprint density at radius 3 is 2.50 bits per heavy atom. The third-order valence-electron chi connectivity index (χ3n) is 2.13. The van der Waals surface area contributed by atoms with E-state index < -0.39 is 28.7 Å². The largest absolute Gasteiger partial charge is 0.480 e. The van der Waals surface area contributed by atoms with Gasteiger partial charge < -0.3 is 20.9 Å². The van der Waals surface area contributed by atoms with Crippen LogP contribution < -0.4 is 16.5 Å². The van der Waals surface area contributed by atoms with Gasteiger partial charge in [0.2, 0.25) is 0 Å². The average molecular weight is 319 g/mol. The number of hydrazine groups is 1. The van der Waals surface area contributed by atoms with Crippen LogP contribution in [0.5, 0.6) is 0 Å². The third-order valence-corrected chi connectivity index (χ3v) is 2.13. The van der Waals surface area contributed by atoms with Crippen molar-refractivity contribution in [3.63, 3.8) is 0 Å². The van der Waals surface area contributed by atoms with Crippen molar-refractivity contribution in [1.29, 1.82) is 0 Å². The van der Waals surface area contributed by atoms with Crippen molar-refractivity contribution in [2.75, 3.05) is 6.54 Å². The second-order valence-electron chi connectivity index (χ2n) is 5.32. The summed E-state index contributed by atoms with van der Waals surface area (Å²) >= 11 is 0. The number of hydrogen-bond acceptors (Lipinski definition) is 6. The second-order valence-corrected chi connectivity index (χ2v) is 5.32. The van der Waals surface area contributed by atoms with Gasteiger partial charge in [-0.3, -0.25) is 0 Å². The Kier molecular flexibility index (Phi) is 7.63. The standard InChI is InChI=1S/C11H21N5O6/c1-11(2,3)22-10(19)14-7(8(17)18)5-4-6-13-9(12)15-16(20)21/h7H,4-6H2,1-3H3,(H,14,19)(H,17,18)(H3,12,13,15). The summed E-state index contributed by atoms with van der Waals surface area (Å²) in [5.74, 6) is -1.59. The number of nitrogens with two attached hydrogens (primary N) is 1. The van der Waals surface area contributed by atoms with Gasteiger partial charge in [-0.1, -0.05) is 5.43 Å². The topological polar surface area (TPSA) is 169 Å². The number of ether oxygens (including phenoxy) is 1. The molecule has 0 aliphatic carbocycles. The summed E-state index contributed by atoms with van der Waals surface area (Å²) in [6.45, 7) is 5.04. The highest BCUT2D eigenvalue weighted by Crippen LogP contribution is 2.07. The van der Waals surface area contributed by atoms with E-state index in [1.165, 1.54) is 0 Å². The molecule has 0 fully saturated rings. The summed E-state index contributed by atoms with van der Waals surface area (Å²) < 4.78 is 4.96. The van der Waals surface area contributed by atoms with Gasteiger partial charge in [0.25, 0.3) is 5.96 Å². The third kappa shape index (κ3) is 10.2. The highest BCUT2D eigenvalue weighted by molar-refractivity contribution is 5.80. The van der Waals surface area contributed by atoms with E-state index in [1.54, 1.807) is 26.2 Å². The van der Waals surface area contributed by atoms with Gasteiger partial charge in [-0.15, -0.1) is 0 Å². The van der Waals surface area contributed by atoms with Crippen LogP contribution in [0.4, 0.5) is 4.79 Å². The second kappa shape index (κ2) is 8.64. The number of carboxylic acid groups (broad SMARTS) is 1. The molecule has 0 rings (SSSR count). The lowest BCUT2D eigenvalue weighted by Crippen LogP contribution is -2.43. The summed E-state index contributed by atoms with van der Waals surface area (Å²) in [5, 5.41) is 20.5. The summed E-state index contributed by atoms with van der Waals surface area (Å²) in [4.78, 5) is 36.3. The highest BCUT2D eigenvalue weighted by Gasteiger charge is 2.23. The molecular formula is C11H21N5O6. The summed E-state index contributed by atoms with van der Waals surface area (Å²) in [7, 11) is 0. The smallest absolute Gasteiger partial charge is 0.408 e. The number of rotatable bonds is 7. The van der Waals surface area contributed by atoms with Crippen LogP contribution in [0, 0.1) is 10.1 Å². The lowest BCUT2D eigenvalue weighted by Gasteiger charge is -2.21. The molecule has 1 unspecified atom stereocenters. The first-order chi connectivity index (χ1) is 10.0. The molecule has 0 saturated heterocycles. The average Bonchev–Trinajstić information content (AvgIpc) is 2.29. The molecule has 0 saturated carbocycles. The van der Waals surface area contributed by atoms with Crippen LogP contribution in [0.1, 0.15) is 33.6 Å². The zero-order valence-corrected chi connectivity index (χ0v) is 12.7. The Labute approximate surface area is 127 Å². The monoisotopic (exact) mass is 319 g/mol. The number of guanidine groups is 1. The number of aliphatic carboxylic acids is 1. The van der Waals surface area contributed by atoms with Gasteiger partial charge in [0.15, 0.2) is 5.03 Å². The molecule has 0 aromatic rings. The molecule has 1 atom stereocenters. The van der Waals surface area contributed by atoms with Crippen LogP contribution >= 0.6 is 0 Å². The summed E-state index contributed by atoms with van der Waals surface area (Å²) in [6.07, 6.45) is -0.505. The molecule has 5 N–H and O–H groups in total. The molecule has 1 amide bonds. The molecule has 0 heterocycles. The van der Waals surface area contributed by atoms with Gasteiger partial charge >= 0.3 is 12.1 Å². The predicted molar refractivity (Wildman–Crippen MR) is 76.6 cm³/mol. The van der Waals surface area contributed by atoms with Crippen LogP contribution in [0.25, 0.3) is 0 Å². The first kappa shape index (κ1) is 19.4. The van der Waals surface area contributed by atoms with Crippen LogP contribution in [0.3, 0.4) is 0 Å². The molecule has 0 spiro atoms. The number of nitrogens with zero attached hydrogens (tertiary/aromatic N) is 2. The molecule has 0 aliphatic rings. The zero-order valence-electron chi connectivity index (χ0n) is 12.7. The molecule has 0 aromatic heterocycles. The Hall–Kier alpha value is -2.59. The van der Waals surface area contributed by atoms with E-state index in [2.05, 4.69) is 10.3 Å². The van der Waals surface area contributed by atoms with Gasteiger partial charge in [0, 0.05) is 6.54 Å². The summed E-state index contributed by atoms with van der Waals surface area (Å²) in [5.41, 5.74) is 6.11. The number of nitrogens with one attached hydrogen (secondary N) is 2. The van der Waals surface area contributed by atoms with Crippen molar-refractivity contribution in [2.45, 2.75) is 45.3 Å². The maximum absolute atomic E-state index is 11.5. The molecule has 0 bridgehead atoms. The fourth-order valence-electron chi connectivity index (χ4n) is 1.33. The van der Waals surface area contributed by atoms with Crippen LogP contribution in [0.2, 0.25) is 0 Å². The maximum atomic E-state index is 11.5. The first-order valence-electron chi connectivity index (χ1n) is 6.44. The fraction of sp³-hybridized carbons (Fsp3) is 0.727. The Morgan fingerprint density at radius 2 is 2.05 bits per heavy atom.